The van der Waals surface area contributed by atoms with Gasteiger partial charge in [-0.3, -0.25) is 4.79 Å². The van der Waals surface area contributed by atoms with Gasteiger partial charge in [-0.05, 0) is 42.8 Å². The van der Waals surface area contributed by atoms with E-state index >= 15 is 0 Å². The number of nitrogens with zero attached hydrogens (tertiary/aromatic N) is 1. The molecule has 0 bridgehead atoms. The predicted octanol–water partition coefficient (Wildman–Crippen LogP) is 4.56. The Hall–Kier alpha value is -2.27. The van der Waals surface area contributed by atoms with E-state index in [0.717, 1.165) is 10.0 Å². The van der Waals surface area contributed by atoms with Gasteiger partial charge in [0.25, 0.3) is 5.91 Å². The molecule has 0 spiro atoms. The van der Waals surface area contributed by atoms with E-state index in [1.807, 2.05) is 31.2 Å². The molecule has 0 saturated carbocycles. The number of hydrogen-bond donors (Lipinski definition) is 1. The topological polar surface area (TPSA) is 53.7 Å². The first-order chi connectivity index (χ1) is 11.1. The van der Waals surface area contributed by atoms with Crippen molar-refractivity contribution < 1.29 is 14.3 Å². The van der Waals surface area contributed by atoms with Crippen LogP contribution in [0.3, 0.4) is 0 Å². The quantitative estimate of drug-likeness (QED) is 0.728. The Morgan fingerprint density at radius 3 is 2.83 bits per heavy atom. The number of phenols is 1. The van der Waals surface area contributed by atoms with Crippen LogP contribution in [0.15, 0.2) is 57.6 Å². The fourth-order valence-electron chi connectivity index (χ4n) is 2.54. The molecule has 1 N–H and O–H groups in total. The number of aromatic hydroxyl groups is 1. The molecule has 5 heteroatoms. The van der Waals surface area contributed by atoms with Gasteiger partial charge < -0.3 is 14.4 Å². The molecule has 23 heavy (non-hydrogen) atoms. The number of hydrogen-bond acceptors (Lipinski definition) is 3. The number of benzene rings is 2. The Kier molecular flexibility index (Phi) is 4.39. The number of phenolic OH excluding ortho intramolecular Hbond substituents is 1. The van der Waals surface area contributed by atoms with E-state index in [1.54, 1.807) is 17.0 Å². The fraction of sp³-hybridized carbons (Fsp3) is 0.167. The summed E-state index contributed by atoms with van der Waals surface area (Å²) < 4.78 is 6.28. The lowest BCUT2D eigenvalue weighted by Crippen LogP contribution is -2.30. The van der Waals surface area contributed by atoms with E-state index in [4.69, 9.17) is 4.42 Å². The summed E-state index contributed by atoms with van der Waals surface area (Å²) >= 11 is 3.44. The van der Waals surface area contributed by atoms with E-state index in [-0.39, 0.29) is 11.7 Å². The first kappa shape index (κ1) is 15.6. The van der Waals surface area contributed by atoms with Gasteiger partial charge in [-0.15, -0.1) is 0 Å². The molecule has 0 fully saturated rings. The van der Waals surface area contributed by atoms with Crippen LogP contribution in [0.2, 0.25) is 0 Å². The van der Waals surface area contributed by atoms with E-state index in [2.05, 4.69) is 15.9 Å². The smallest absolute Gasteiger partial charge is 0.254 e. The SMILES string of the molecule is CCN(Cc1cccc(Br)c1)C(=O)c1cc(O)c2ccoc2c1. The lowest BCUT2D eigenvalue weighted by molar-refractivity contribution is 0.0752. The third-order valence-electron chi connectivity index (χ3n) is 3.73. The molecule has 0 unspecified atom stereocenters. The number of halogens is 1. The van der Waals surface area contributed by atoms with E-state index in [9.17, 15) is 9.90 Å². The second-order valence-electron chi connectivity index (χ2n) is 5.28. The van der Waals surface area contributed by atoms with Crippen LogP contribution in [0.4, 0.5) is 0 Å². The van der Waals surface area contributed by atoms with Gasteiger partial charge in [-0.2, -0.15) is 0 Å². The third kappa shape index (κ3) is 3.24. The van der Waals surface area contributed by atoms with Crippen molar-refractivity contribution >= 4 is 32.8 Å². The second kappa shape index (κ2) is 6.46. The number of carbonyl (C=O) groups excluding carboxylic acids is 1. The monoisotopic (exact) mass is 373 g/mol. The highest BCUT2D eigenvalue weighted by Gasteiger charge is 2.17. The van der Waals surface area contributed by atoms with Crippen molar-refractivity contribution in [2.24, 2.45) is 0 Å². The molecule has 0 atom stereocenters. The van der Waals surface area contributed by atoms with Crippen molar-refractivity contribution in [3.63, 3.8) is 0 Å². The summed E-state index contributed by atoms with van der Waals surface area (Å²) in [5.74, 6) is -0.0841. The van der Waals surface area contributed by atoms with E-state index in [1.165, 1.54) is 12.3 Å². The fourth-order valence-corrected chi connectivity index (χ4v) is 2.99. The lowest BCUT2D eigenvalue weighted by atomic mass is 10.1. The molecule has 0 aliphatic rings. The number of rotatable bonds is 4. The van der Waals surface area contributed by atoms with Crippen molar-refractivity contribution in [3.05, 3.63) is 64.3 Å². The molecule has 118 valence electrons. The van der Waals surface area contributed by atoms with Crippen LogP contribution in [0.25, 0.3) is 11.0 Å². The molecule has 1 aromatic heterocycles. The molecule has 4 nitrogen and oxygen atoms in total. The zero-order chi connectivity index (χ0) is 16.4. The summed E-state index contributed by atoms with van der Waals surface area (Å²) in [5.41, 5.74) is 1.96. The molecular weight excluding hydrogens is 358 g/mol. The summed E-state index contributed by atoms with van der Waals surface area (Å²) in [6.07, 6.45) is 1.50. The van der Waals surface area contributed by atoms with E-state index < -0.39 is 0 Å². The Morgan fingerprint density at radius 2 is 2.09 bits per heavy atom. The predicted molar refractivity (Wildman–Crippen MR) is 92.4 cm³/mol. The van der Waals surface area contributed by atoms with Gasteiger partial charge in [0.15, 0.2) is 0 Å². The van der Waals surface area contributed by atoms with Crippen molar-refractivity contribution in [1.29, 1.82) is 0 Å². The van der Waals surface area contributed by atoms with Crippen molar-refractivity contribution in [3.8, 4) is 5.75 Å². The maximum atomic E-state index is 12.7. The average molecular weight is 374 g/mol. The molecule has 0 saturated heterocycles. The lowest BCUT2D eigenvalue weighted by Gasteiger charge is -2.21. The molecule has 0 aliphatic carbocycles. The Morgan fingerprint density at radius 1 is 1.26 bits per heavy atom. The van der Waals surface area contributed by atoms with Crippen molar-refractivity contribution in [2.45, 2.75) is 13.5 Å². The van der Waals surface area contributed by atoms with E-state index in [0.29, 0.717) is 29.6 Å². The van der Waals surface area contributed by atoms with Gasteiger partial charge in [0.2, 0.25) is 0 Å². The maximum absolute atomic E-state index is 12.7. The van der Waals surface area contributed by atoms with Crippen molar-refractivity contribution in [1.82, 2.24) is 4.90 Å². The van der Waals surface area contributed by atoms with Gasteiger partial charge in [0, 0.05) is 23.1 Å². The van der Waals surface area contributed by atoms with Crippen LogP contribution in [0.5, 0.6) is 5.75 Å². The highest BCUT2D eigenvalue weighted by molar-refractivity contribution is 9.10. The number of carbonyl (C=O) groups is 1. The molecule has 2 aromatic carbocycles. The third-order valence-corrected chi connectivity index (χ3v) is 4.22. The highest BCUT2D eigenvalue weighted by Crippen LogP contribution is 2.28. The normalized spacial score (nSPS) is 10.9. The number of furan rings is 1. The standard InChI is InChI=1S/C18H16BrNO3/c1-2-20(11-12-4-3-5-14(19)8-12)18(22)13-9-16(21)15-6-7-23-17(15)10-13/h3-10,21H,2,11H2,1H3. The van der Waals surface area contributed by atoms with Gasteiger partial charge >= 0.3 is 0 Å². The minimum absolute atomic E-state index is 0.0538. The van der Waals surface area contributed by atoms with Crippen LogP contribution >= 0.6 is 15.9 Å². The van der Waals surface area contributed by atoms with Crippen molar-refractivity contribution in [2.75, 3.05) is 6.54 Å². The summed E-state index contributed by atoms with van der Waals surface area (Å²) in [5, 5.41) is 10.6. The highest BCUT2D eigenvalue weighted by atomic mass is 79.9. The Labute approximate surface area is 142 Å². The first-order valence-corrected chi connectivity index (χ1v) is 8.11. The minimum atomic E-state index is -0.138. The van der Waals surface area contributed by atoms with Gasteiger partial charge in [0.1, 0.15) is 11.3 Å². The van der Waals surface area contributed by atoms with Crippen LogP contribution in [-0.2, 0) is 6.54 Å². The number of fused-ring (bicyclic) bond motifs is 1. The molecule has 1 heterocycles. The average Bonchev–Trinajstić information content (AvgIpc) is 3.01. The van der Waals surface area contributed by atoms with Crippen LogP contribution < -0.4 is 0 Å². The largest absolute Gasteiger partial charge is 0.507 e. The van der Waals surface area contributed by atoms with Crippen LogP contribution in [0.1, 0.15) is 22.8 Å². The Balaban J connectivity index is 1.89. The summed E-state index contributed by atoms with van der Waals surface area (Å²) in [6.45, 7) is 3.01. The summed E-state index contributed by atoms with van der Waals surface area (Å²) in [4.78, 5) is 14.5. The number of amides is 1. The van der Waals surface area contributed by atoms with Crippen LogP contribution in [-0.4, -0.2) is 22.5 Å². The van der Waals surface area contributed by atoms with Gasteiger partial charge in [-0.25, -0.2) is 0 Å². The zero-order valence-corrected chi connectivity index (χ0v) is 14.2. The molecule has 0 aliphatic heterocycles. The molecule has 3 rings (SSSR count). The molecule has 1 amide bonds. The molecular formula is C18H16BrNO3. The molecule has 3 aromatic rings. The second-order valence-corrected chi connectivity index (χ2v) is 6.19. The minimum Gasteiger partial charge on any atom is -0.507 e. The summed E-state index contributed by atoms with van der Waals surface area (Å²) in [6, 6.07) is 12.7. The van der Waals surface area contributed by atoms with Crippen LogP contribution in [0, 0.1) is 0 Å². The molecule has 0 radical (unpaired) electrons. The van der Waals surface area contributed by atoms with Gasteiger partial charge in [0.05, 0.1) is 11.6 Å². The Bertz CT molecular complexity index is 856. The van der Waals surface area contributed by atoms with Gasteiger partial charge in [-0.1, -0.05) is 28.1 Å². The maximum Gasteiger partial charge on any atom is 0.254 e. The first-order valence-electron chi connectivity index (χ1n) is 7.32. The summed E-state index contributed by atoms with van der Waals surface area (Å²) in [7, 11) is 0. The zero-order valence-electron chi connectivity index (χ0n) is 12.6.